The third-order valence-electron chi connectivity index (χ3n) is 3.66. The van der Waals surface area contributed by atoms with E-state index in [1.165, 1.54) is 12.1 Å². The molecule has 3 nitrogen and oxygen atoms in total. The fourth-order valence-corrected chi connectivity index (χ4v) is 2.70. The molecule has 0 fully saturated rings. The summed E-state index contributed by atoms with van der Waals surface area (Å²) in [7, 11) is 0. The minimum absolute atomic E-state index is 0.0295. The average Bonchev–Trinajstić information content (AvgIpc) is 2.90. The second kappa shape index (κ2) is 6.02. The number of nitrogens with one attached hydrogen (secondary N) is 1. The van der Waals surface area contributed by atoms with Gasteiger partial charge in [0.1, 0.15) is 11.5 Å². The number of hydrogen-bond acceptors (Lipinski definition) is 3. The van der Waals surface area contributed by atoms with Crippen molar-refractivity contribution < 1.29 is 22.6 Å². The highest BCUT2D eigenvalue weighted by atomic mass is 19.4. The van der Waals surface area contributed by atoms with Crippen molar-refractivity contribution in [2.75, 3.05) is 11.9 Å². The Kier molecular flexibility index (Phi) is 4.07. The van der Waals surface area contributed by atoms with Gasteiger partial charge >= 0.3 is 6.36 Å². The maximum absolute atomic E-state index is 12.3. The summed E-state index contributed by atoms with van der Waals surface area (Å²) >= 11 is 0. The smallest absolute Gasteiger partial charge is 0.494 e. The number of benzene rings is 2. The molecule has 1 N–H and O–H groups in total. The monoisotopic (exact) mass is 323 g/mol. The largest absolute Gasteiger partial charge is 0.573 e. The molecule has 1 heterocycles. The van der Waals surface area contributed by atoms with Crippen molar-refractivity contribution in [2.24, 2.45) is 0 Å². The molecule has 1 aliphatic rings. The zero-order chi connectivity index (χ0) is 16.4. The molecule has 6 heteroatoms. The zero-order valence-corrected chi connectivity index (χ0v) is 12.5. The first kappa shape index (κ1) is 15.5. The Balaban J connectivity index is 1.73. The number of anilines is 1. The van der Waals surface area contributed by atoms with Gasteiger partial charge in [-0.25, -0.2) is 0 Å². The summed E-state index contributed by atoms with van der Waals surface area (Å²) in [5.74, 6) is 0.609. The third kappa shape index (κ3) is 3.70. The predicted molar refractivity (Wildman–Crippen MR) is 80.8 cm³/mol. The van der Waals surface area contributed by atoms with Gasteiger partial charge in [-0.3, -0.25) is 0 Å². The zero-order valence-electron chi connectivity index (χ0n) is 12.5. The van der Waals surface area contributed by atoms with Crippen LogP contribution in [-0.4, -0.2) is 13.0 Å². The minimum atomic E-state index is -4.67. The maximum atomic E-state index is 12.3. The van der Waals surface area contributed by atoms with Crippen LogP contribution in [0.2, 0.25) is 0 Å². The Labute approximate surface area is 132 Å². The number of alkyl halides is 3. The fourth-order valence-electron chi connectivity index (χ4n) is 2.70. The molecule has 3 rings (SSSR count). The molecule has 0 radical (unpaired) electrons. The molecule has 0 bridgehead atoms. The molecular weight excluding hydrogens is 307 g/mol. The van der Waals surface area contributed by atoms with Crippen molar-refractivity contribution in [3.8, 4) is 11.5 Å². The van der Waals surface area contributed by atoms with E-state index in [-0.39, 0.29) is 11.8 Å². The molecule has 23 heavy (non-hydrogen) atoms. The molecule has 0 aliphatic carbocycles. The van der Waals surface area contributed by atoms with Crippen molar-refractivity contribution in [1.29, 1.82) is 0 Å². The van der Waals surface area contributed by atoms with E-state index in [9.17, 15) is 13.2 Å². The average molecular weight is 323 g/mol. The van der Waals surface area contributed by atoms with E-state index >= 15 is 0 Å². The number of fused-ring (bicyclic) bond motifs is 1. The normalized spacial score (nSPS) is 16.6. The number of hydrogen-bond donors (Lipinski definition) is 1. The quantitative estimate of drug-likeness (QED) is 0.885. The topological polar surface area (TPSA) is 30.5 Å². The summed E-state index contributed by atoms with van der Waals surface area (Å²) in [6.07, 6.45) is -4.06. The summed E-state index contributed by atoms with van der Waals surface area (Å²) in [6.45, 7) is 2.53. The van der Waals surface area contributed by atoms with E-state index in [0.717, 1.165) is 22.6 Å². The lowest BCUT2D eigenvalue weighted by Crippen LogP contribution is -2.17. The highest BCUT2D eigenvalue weighted by Crippen LogP contribution is 2.37. The second-order valence-electron chi connectivity index (χ2n) is 5.27. The van der Waals surface area contributed by atoms with Gasteiger partial charge in [0, 0.05) is 5.69 Å². The molecule has 0 saturated heterocycles. The Morgan fingerprint density at radius 1 is 1.09 bits per heavy atom. The van der Waals surface area contributed by atoms with Crippen LogP contribution >= 0.6 is 0 Å². The Morgan fingerprint density at radius 3 is 2.43 bits per heavy atom. The van der Waals surface area contributed by atoms with E-state index in [4.69, 9.17) is 4.74 Å². The lowest BCUT2D eigenvalue weighted by molar-refractivity contribution is -0.274. The van der Waals surface area contributed by atoms with Gasteiger partial charge < -0.3 is 14.8 Å². The Morgan fingerprint density at radius 2 is 1.78 bits per heavy atom. The fraction of sp³-hybridized carbons (Fsp3) is 0.294. The summed E-state index contributed by atoms with van der Waals surface area (Å²) in [4.78, 5) is 0. The molecule has 2 aromatic rings. The van der Waals surface area contributed by atoms with E-state index in [1.54, 1.807) is 6.07 Å². The van der Waals surface area contributed by atoms with Crippen molar-refractivity contribution in [3.05, 3.63) is 53.6 Å². The highest BCUT2D eigenvalue weighted by molar-refractivity contribution is 5.60. The van der Waals surface area contributed by atoms with Gasteiger partial charge in [-0.2, -0.15) is 0 Å². The Bertz CT molecular complexity index is 683. The molecule has 2 aromatic carbocycles. The van der Waals surface area contributed by atoms with E-state index in [1.807, 2.05) is 31.2 Å². The van der Waals surface area contributed by atoms with Crippen LogP contribution in [-0.2, 0) is 6.42 Å². The first-order valence-electron chi connectivity index (χ1n) is 7.32. The summed E-state index contributed by atoms with van der Waals surface area (Å²) in [5.41, 5.74) is 2.70. The molecule has 1 aliphatic heterocycles. The van der Waals surface area contributed by atoms with Gasteiger partial charge in [-0.05, 0) is 54.8 Å². The number of halogens is 3. The van der Waals surface area contributed by atoms with E-state index in [0.29, 0.717) is 13.0 Å². The van der Waals surface area contributed by atoms with Gasteiger partial charge in [-0.1, -0.05) is 12.1 Å². The van der Waals surface area contributed by atoms with Gasteiger partial charge in [0.05, 0.1) is 12.6 Å². The Hall–Kier alpha value is -2.37. The first-order valence-corrected chi connectivity index (χ1v) is 7.32. The lowest BCUT2D eigenvalue weighted by Gasteiger charge is -2.12. The van der Waals surface area contributed by atoms with Gasteiger partial charge in [-0.15, -0.1) is 13.2 Å². The van der Waals surface area contributed by atoms with Crippen LogP contribution in [0.1, 0.15) is 24.1 Å². The minimum Gasteiger partial charge on any atom is -0.494 e. The number of ether oxygens (including phenoxy) is 2. The second-order valence-corrected chi connectivity index (χ2v) is 5.27. The molecule has 0 aromatic heterocycles. The SMILES string of the molecule is CCOc1ccc(C2Cc3cc(OC(F)(F)F)ccc3N2)cc1. The summed E-state index contributed by atoms with van der Waals surface area (Å²) in [5, 5.41) is 3.31. The lowest BCUT2D eigenvalue weighted by atomic mass is 10.0. The molecule has 1 unspecified atom stereocenters. The van der Waals surface area contributed by atoms with Crippen molar-refractivity contribution in [2.45, 2.75) is 25.7 Å². The van der Waals surface area contributed by atoms with Crippen LogP contribution in [0, 0.1) is 0 Å². The van der Waals surface area contributed by atoms with Crippen molar-refractivity contribution in [3.63, 3.8) is 0 Å². The molecule has 122 valence electrons. The van der Waals surface area contributed by atoms with Gasteiger partial charge in [0.2, 0.25) is 0 Å². The van der Waals surface area contributed by atoms with Crippen LogP contribution in [0.25, 0.3) is 0 Å². The number of rotatable bonds is 4. The molecule has 0 saturated carbocycles. The van der Waals surface area contributed by atoms with Crippen LogP contribution in [0.5, 0.6) is 11.5 Å². The van der Waals surface area contributed by atoms with Crippen molar-refractivity contribution >= 4 is 5.69 Å². The van der Waals surface area contributed by atoms with E-state index < -0.39 is 6.36 Å². The highest BCUT2D eigenvalue weighted by Gasteiger charge is 2.32. The van der Waals surface area contributed by atoms with Gasteiger partial charge in [0.15, 0.2) is 0 Å². The van der Waals surface area contributed by atoms with Gasteiger partial charge in [0.25, 0.3) is 0 Å². The van der Waals surface area contributed by atoms with Crippen LogP contribution in [0.4, 0.5) is 18.9 Å². The van der Waals surface area contributed by atoms with Crippen molar-refractivity contribution in [1.82, 2.24) is 0 Å². The van der Waals surface area contributed by atoms with Crippen LogP contribution in [0.3, 0.4) is 0 Å². The van der Waals surface area contributed by atoms with Crippen LogP contribution < -0.4 is 14.8 Å². The molecule has 1 atom stereocenters. The van der Waals surface area contributed by atoms with E-state index in [2.05, 4.69) is 10.1 Å². The third-order valence-corrected chi connectivity index (χ3v) is 3.66. The predicted octanol–water partition coefficient (Wildman–Crippen LogP) is 4.69. The first-order chi connectivity index (χ1) is 10.9. The molecule has 0 amide bonds. The standard InChI is InChI=1S/C17H16F3NO2/c1-2-22-13-5-3-11(4-6-13)16-10-12-9-14(23-17(18,19)20)7-8-15(12)21-16/h3-9,16,21H,2,10H2,1H3. The molecular formula is C17H16F3NO2. The maximum Gasteiger partial charge on any atom is 0.573 e. The molecule has 0 spiro atoms. The van der Waals surface area contributed by atoms with Crippen LogP contribution in [0.15, 0.2) is 42.5 Å². The summed E-state index contributed by atoms with van der Waals surface area (Å²) < 4.78 is 46.2. The summed E-state index contributed by atoms with van der Waals surface area (Å²) in [6, 6.07) is 12.1.